The zero-order valence-corrected chi connectivity index (χ0v) is 10.7. The number of carbonyl (C=O) groups is 1. The van der Waals surface area contributed by atoms with E-state index in [0.717, 1.165) is 24.3 Å². The second kappa shape index (κ2) is 5.89. The summed E-state index contributed by atoms with van der Waals surface area (Å²) in [4.78, 5) is 11.6. The molecule has 0 aromatic heterocycles. The van der Waals surface area contributed by atoms with Crippen LogP contribution in [0.25, 0.3) is 0 Å². The molecule has 0 fully saturated rings. The molecular weight excluding hydrogens is 242 g/mol. The average Bonchev–Trinajstić information content (AvgIpc) is 2.36. The Morgan fingerprint density at radius 3 is 2.82 bits per heavy atom. The van der Waals surface area contributed by atoms with Gasteiger partial charge in [-0.25, -0.2) is 4.79 Å². The van der Waals surface area contributed by atoms with Crippen LogP contribution in [0.5, 0.6) is 5.75 Å². The number of rotatable bonds is 2. The second-order valence-corrected chi connectivity index (χ2v) is 3.73. The van der Waals surface area contributed by atoms with E-state index >= 15 is 0 Å². The zero-order chi connectivity index (χ0) is 11.5. The van der Waals surface area contributed by atoms with Crippen molar-refractivity contribution in [3.05, 3.63) is 29.3 Å². The molecule has 1 N–H and O–H groups in total. The molecule has 0 aliphatic carbocycles. The summed E-state index contributed by atoms with van der Waals surface area (Å²) >= 11 is 0. The molecule has 4 nitrogen and oxygen atoms in total. The molecule has 17 heavy (non-hydrogen) atoms. The van der Waals surface area contributed by atoms with Crippen molar-refractivity contribution in [1.82, 2.24) is 5.32 Å². The lowest BCUT2D eigenvalue weighted by Crippen LogP contribution is -2.35. The Morgan fingerprint density at radius 2 is 2.18 bits per heavy atom. The van der Waals surface area contributed by atoms with E-state index < -0.39 is 0 Å². The molecule has 0 saturated heterocycles. The van der Waals surface area contributed by atoms with Crippen LogP contribution in [0.1, 0.15) is 17.2 Å². The van der Waals surface area contributed by atoms with Crippen molar-refractivity contribution in [2.24, 2.45) is 0 Å². The number of ether oxygens (including phenoxy) is 2. The van der Waals surface area contributed by atoms with Gasteiger partial charge in [0, 0.05) is 6.54 Å². The number of carbonyl (C=O) groups excluding carboxylic acids is 1. The topological polar surface area (TPSA) is 47.6 Å². The normalized spacial score (nSPS) is 17.6. The first kappa shape index (κ1) is 13.8. The smallest absolute Gasteiger partial charge is 0.327 e. The highest BCUT2D eigenvalue weighted by molar-refractivity contribution is 5.85. The SMILES string of the molecule is COC(=O)C1NCCc2ccc(OC)cc21.Cl. The Labute approximate surface area is 107 Å². The van der Waals surface area contributed by atoms with Gasteiger partial charge in [-0.2, -0.15) is 0 Å². The predicted octanol–water partition coefficient (Wildman–Crippen LogP) is 1.48. The third-order valence-corrected chi connectivity index (χ3v) is 2.84. The van der Waals surface area contributed by atoms with E-state index in [-0.39, 0.29) is 24.4 Å². The first-order chi connectivity index (χ1) is 7.76. The Hall–Kier alpha value is -1.26. The number of esters is 1. The van der Waals surface area contributed by atoms with Gasteiger partial charge in [0.1, 0.15) is 11.8 Å². The molecule has 1 aliphatic heterocycles. The van der Waals surface area contributed by atoms with Gasteiger partial charge in [0.2, 0.25) is 0 Å². The largest absolute Gasteiger partial charge is 0.497 e. The number of fused-ring (bicyclic) bond motifs is 1. The van der Waals surface area contributed by atoms with Gasteiger partial charge < -0.3 is 14.8 Å². The van der Waals surface area contributed by atoms with E-state index in [2.05, 4.69) is 5.32 Å². The predicted molar refractivity (Wildman–Crippen MR) is 66.7 cm³/mol. The van der Waals surface area contributed by atoms with Crippen LogP contribution in [-0.2, 0) is 16.0 Å². The van der Waals surface area contributed by atoms with Gasteiger partial charge in [-0.1, -0.05) is 6.07 Å². The van der Waals surface area contributed by atoms with Crippen molar-refractivity contribution < 1.29 is 14.3 Å². The highest BCUT2D eigenvalue weighted by Crippen LogP contribution is 2.27. The van der Waals surface area contributed by atoms with Crippen molar-refractivity contribution in [3.8, 4) is 5.75 Å². The van der Waals surface area contributed by atoms with Crippen LogP contribution in [0.3, 0.4) is 0 Å². The molecular formula is C12H16ClNO3. The van der Waals surface area contributed by atoms with E-state index in [0.29, 0.717) is 0 Å². The zero-order valence-electron chi connectivity index (χ0n) is 9.86. The minimum Gasteiger partial charge on any atom is -0.497 e. The maximum absolute atomic E-state index is 11.6. The lowest BCUT2D eigenvalue weighted by molar-refractivity contribution is -0.143. The summed E-state index contributed by atoms with van der Waals surface area (Å²) in [7, 11) is 3.02. The molecule has 0 saturated carbocycles. The van der Waals surface area contributed by atoms with Gasteiger partial charge in [0.05, 0.1) is 14.2 Å². The van der Waals surface area contributed by atoms with Gasteiger partial charge in [-0.3, -0.25) is 0 Å². The van der Waals surface area contributed by atoms with Crippen LogP contribution in [0.4, 0.5) is 0 Å². The van der Waals surface area contributed by atoms with Crippen LogP contribution in [0, 0.1) is 0 Å². The van der Waals surface area contributed by atoms with E-state index in [4.69, 9.17) is 9.47 Å². The first-order valence-electron chi connectivity index (χ1n) is 5.24. The summed E-state index contributed by atoms with van der Waals surface area (Å²) in [5, 5.41) is 3.15. The van der Waals surface area contributed by atoms with Crippen molar-refractivity contribution in [2.75, 3.05) is 20.8 Å². The Bertz CT molecular complexity index is 409. The number of halogens is 1. The lowest BCUT2D eigenvalue weighted by Gasteiger charge is -2.25. The molecule has 1 aliphatic rings. The van der Waals surface area contributed by atoms with Crippen molar-refractivity contribution in [3.63, 3.8) is 0 Å². The van der Waals surface area contributed by atoms with Gasteiger partial charge >= 0.3 is 5.97 Å². The van der Waals surface area contributed by atoms with E-state index in [1.165, 1.54) is 12.7 Å². The molecule has 0 radical (unpaired) electrons. The summed E-state index contributed by atoms with van der Waals surface area (Å²) in [5.74, 6) is 0.505. The van der Waals surface area contributed by atoms with Gasteiger partial charge in [0.25, 0.3) is 0 Å². The van der Waals surface area contributed by atoms with Crippen molar-refractivity contribution >= 4 is 18.4 Å². The van der Waals surface area contributed by atoms with Gasteiger partial charge in [-0.05, 0) is 29.7 Å². The molecule has 0 spiro atoms. The summed E-state index contributed by atoms with van der Waals surface area (Å²) in [6, 6.07) is 5.44. The minimum absolute atomic E-state index is 0. The standard InChI is InChI=1S/C12H15NO3.ClH/c1-15-9-4-3-8-5-6-13-11(10(8)7-9)12(14)16-2;/h3-4,7,11,13H,5-6H2,1-2H3;1H. The number of nitrogens with one attached hydrogen (secondary N) is 1. The molecule has 5 heteroatoms. The highest BCUT2D eigenvalue weighted by Gasteiger charge is 2.27. The van der Waals surface area contributed by atoms with E-state index in [1.54, 1.807) is 7.11 Å². The van der Waals surface area contributed by atoms with Crippen LogP contribution < -0.4 is 10.1 Å². The quantitative estimate of drug-likeness (QED) is 0.816. The molecule has 2 rings (SSSR count). The first-order valence-corrected chi connectivity index (χ1v) is 5.24. The van der Waals surface area contributed by atoms with Crippen LogP contribution in [0.2, 0.25) is 0 Å². The van der Waals surface area contributed by atoms with Crippen molar-refractivity contribution in [2.45, 2.75) is 12.5 Å². The number of hydrogen-bond acceptors (Lipinski definition) is 4. The van der Waals surface area contributed by atoms with Gasteiger partial charge in [-0.15, -0.1) is 12.4 Å². The number of hydrogen-bond donors (Lipinski definition) is 1. The summed E-state index contributed by atoms with van der Waals surface area (Å²) in [6.07, 6.45) is 0.923. The maximum Gasteiger partial charge on any atom is 0.327 e. The number of methoxy groups -OCH3 is 2. The van der Waals surface area contributed by atoms with Crippen molar-refractivity contribution in [1.29, 1.82) is 0 Å². The fourth-order valence-corrected chi connectivity index (χ4v) is 1.99. The fourth-order valence-electron chi connectivity index (χ4n) is 1.99. The molecule has 1 aromatic rings. The molecule has 0 amide bonds. The van der Waals surface area contributed by atoms with Crippen LogP contribution in [-0.4, -0.2) is 26.7 Å². The van der Waals surface area contributed by atoms with Gasteiger partial charge in [0.15, 0.2) is 0 Å². The number of benzene rings is 1. The molecule has 1 heterocycles. The lowest BCUT2D eigenvalue weighted by atomic mass is 9.94. The molecule has 0 bridgehead atoms. The molecule has 94 valence electrons. The monoisotopic (exact) mass is 257 g/mol. The van der Waals surface area contributed by atoms with E-state index in [1.807, 2.05) is 18.2 Å². The third kappa shape index (κ3) is 2.70. The summed E-state index contributed by atoms with van der Waals surface area (Å²) < 4.78 is 9.94. The fraction of sp³-hybridized carbons (Fsp3) is 0.417. The average molecular weight is 258 g/mol. The second-order valence-electron chi connectivity index (χ2n) is 3.73. The Morgan fingerprint density at radius 1 is 1.41 bits per heavy atom. The van der Waals surface area contributed by atoms with E-state index in [9.17, 15) is 4.79 Å². The third-order valence-electron chi connectivity index (χ3n) is 2.84. The molecule has 1 atom stereocenters. The Balaban J connectivity index is 0.00000144. The van der Waals surface area contributed by atoms with Crippen LogP contribution in [0.15, 0.2) is 18.2 Å². The highest BCUT2D eigenvalue weighted by atomic mass is 35.5. The maximum atomic E-state index is 11.6. The minimum atomic E-state index is -0.371. The summed E-state index contributed by atoms with van der Waals surface area (Å²) in [5.41, 5.74) is 2.13. The molecule has 1 aromatic carbocycles. The van der Waals surface area contributed by atoms with Crippen LogP contribution >= 0.6 is 12.4 Å². The molecule has 1 unspecified atom stereocenters. The summed E-state index contributed by atoms with van der Waals surface area (Å²) in [6.45, 7) is 0.791. The Kier molecular flexibility index (Phi) is 4.78.